The average Bonchev–Trinajstić information content (AvgIpc) is 2.92. The van der Waals surface area contributed by atoms with E-state index in [1.54, 1.807) is 12.1 Å². The number of para-hydroxylation sites is 1. The summed E-state index contributed by atoms with van der Waals surface area (Å²) >= 11 is 0. The highest BCUT2D eigenvalue weighted by Crippen LogP contribution is 2.26. The van der Waals surface area contributed by atoms with Gasteiger partial charge in [0, 0.05) is 11.1 Å². The number of aromatic nitrogens is 3. The van der Waals surface area contributed by atoms with Crippen LogP contribution in [-0.2, 0) is 0 Å². The second-order valence-corrected chi connectivity index (χ2v) is 4.07. The van der Waals surface area contributed by atoms with Crippen molar-refractivity contribution in [2.75, 3.05) is 5.73 Å². The van der Waals surface area contributed by atoms with Crippen molar-refractivity contribution >= 4 is 5.69 Å². The number of nitrogen functional groups attached to an aromatic ring is 1. The molecule has 0 saturated carbocycles. The van der Waals surface area contributed by atoms with Crippen LogP contribution in [0.4, 0.5) is 10.1 Å². The van der Waals surface area contributed by atoms with Crippen molar-refractivity contribution in [3.63, 3.8) is 0 Å². The fourth-order valence-corrected chi connectivity index (χ4v) is 1.84. The van der Waals surface area contributed by atoms with Crippen LogP contribution < -0.4 is 5.73 Å². The van der Waals surface area contributed by atoms with Gasteiger partial charge in [0.1, 0.15) is 5.82 Å². The molecule has 0 aliphatic carbocycles. The maximum absolute atomic E-state index is 13.4. The van der Waals surface area contributed by atoms with Crippen LogP contribution in [0.15, 0.2) is 48.5 Å². The van der Waals surface area contributed by atoms with Gasteiger partial charge >= 0.3 is 0 Å². The number of H-pyrrole nitrogens is 1. The molecule has 0 aliphatic rings. The summed E-state index contributed by atoms with van der Waals surface area (Å²) in [6.07, 6.45) is 0. The van der Waals surface area contributed by atoms with Crippen LogP contribution in [0.3, 0.4) is 0 Å². The molecule has 0 bridgehead atoms. The largest absolute Gasteiger partial charge is 0.396 e. The Kier molecular flexibility index (Phi) is 2.72. The molecule has 0 atom stereocenters. The summed E-state index contributed by atoms with van der Waals surface area (Å²) in [6, 6.07) is 14.1. The van der Waals surface area contributed by atoms with Crippen molar-refractivity contribution in [3.05, 3.63) is 54.3 Å². The Bertz CT molecular complexity index is 706. The maximum atomic E-state index is 13.4. The van der Waals surface area contributed by atoms with E-state index in [-0.39, 0.29) is 5.69 Å². The van der Waals surface area contributed by atoms with E-state index in [0.717, 1.165) is 5.56 Å². The predicted molar refractivity (Wildman–Crippen MR) is 71.6 cm³/mol. The Balaban J connectivity index is 2.05. The summed E-state index contributed by atoms with van der Waals surface area (Å²) < 4.78 is 13.4. The Labute approximate surface area is 109 Å². The lowest BCUT2D eigenvalue weighted by Crippen LogP contribution is -1.95. The van der Waals surface area contributed by atoms with Gasteiger partial charge in [-0.3, -0.25) is 5.10 Å². The Morgan fingerprint density at radius 2 is 1.79 bits per heavy atom. The molecule has 1 aromatic heterocycles. The molecule has 94 valence electrons. The average molecular weight is 254 g/mol. The monoisotopic (exact) mass is 254 g/mol. The molecular formula is C14H11FN4. The molecule has 0 unspecified atom stereocenters. The van der Waals surface area contributed by atoms with Gasteiger partial charge < -0.3 is 5.73 Å². The predicted octanol–water partition coefficient (Wildman–Crippen LogP) is 2.86. The lowest BCUT2D eigenvalue weighted by Gasteiger charge is -2.01. The molecule has 0 spiro atoms. The number of rotatable bonds is 2. The quantitative estimate of drug-likeness (QED) is 0.691. The minimum absolute atomic E-state index is 0.0678. The van der Waals surface area contributed by atoms with Gasteiger partial charge in [-0.25, -0.2) is 9.37 Å². The number of aromatic amines is 1. The maximum Gasteiger partial charge on any atom is 0.181 e. The Morgan fingerprint density at radius 1 is 1.00 bits per heavy atom. The molecule has 5 heteroatoms. The summed E-state index contributed by atoms with van der Waals surface area (Å²) in [5.41, 5.74) is 7.17. The minimum Gasteiger partial charge on any atom is -0.396 e. The van der Waals surface area contributed by atoms with E-state index in [1.165, 1.54) is 6.07 Å². The van der Waals surface area contributed by atoms with Crippen LogP contribution in [0.25, 0.3) is 22.8 Å². The van der Waals surface area contributed by atoms with Crippen LogP contribution in [0, 0.1) is 5.82 Å². The highest BCUT2D eigenvalue weighted by molar-refractivity contribution is 5.72. The van der Waals surface area contributed by atoms with E-state index >= 15 is 0 Å². The van der Waals surface area contributed by atoms with Crippen molar-refractivity contribution in [2.45, 2.75) is 0 Å². The Hall–Kier alpha value is -2.69. The summed E-state index contributed by atoms with van der Waals surface area (Å²) in [4.78, 5) is 4.34. The van der Waals surface area contributed by atoms with Gasteiger partial charge in [-0.2, -0.15) is 5.10 Å². The van der Waals surface area contributed by atoms with E-state index < -0.39 is 5.82 Å². The number of hydrogen-bond acceptors (Lipinski definition) is 3. The van der Waals surface area contributed by atoms with E-state index in [1.807, 2.05) is 30.3 Å². The number of nitrogens with two attached hydrogens (primary N) is 1. The first-order valence-electron chi connectivity index (χ1n) is 5.78. The van der Waals surface area contributed by atoms with Gasteiger partial charge in [0.2, 0.25) is 0 Å². The number of benzene rings is 2. The highest BCUT2D eigenvalue weighted by Gasteiger charge is 2.12. The third-order valence-electron chi connectivity index (χ3n) is 2.83. The lowest BCUT2D eigenvalue weighted by atomic mass is 10.1. The molecule has 4 nitrogen and oxygen atoms in total. The van der Waals surface area contributed by atoms with Crippen molar-refractivity contribution in [1.82, 2.24) is 15.2 Å². The van der Waals surface area contributed by atoms with E-state index in [2.05, 4.69) is 15.2 Å². The zero-order chi connectivity index (χ0) is 13.2. The van der Waals surface area contributed by atoms with Crippen molar-refractivity contribution in [3.8, 4) is 22.8 Å². The second kappa shape index (κ2) is 4.53. The third-order valence-corrected chi connectivity index (χ3v) is 2.83. The van der Waals surface area contributed by atoms with Gasteiger partial charge in [-0.1, -0.05) is 36.4 Å². The smallest absolute Gasteiger partial charge is 0.181 e. The van der Waals surface area contributed by atoms with Gasteiger partial charge in [0.15, 0.2) is 11.6 Å². The molecule has 3 N–H and O–H groups in total. The highest BCUT2D eigenvalue weighted by atomic mass is 19.1. The van der Waals surface area contributed by atoms with Crippen molar-refractivity contribution in [2.24, 2.45) is 0 Å². The summed E-state index contributed by atoms with van der Waals surface area (Å²) in [7, 11) is 0. The molecule has 0 fully saturated rings. The fourth-order valence-electron chi connectivity index (χ4n) is 1.84. The normalized spacial score (nSPS) is 10.6. The first-order valence-corrected chi connectivity index (χ1v) is 5.78. The Morgan fingerprint density at radius 3 is 2.58 bits per heavy atom. The number of nitrogens with one attached hydrogen (secondary N) is 1. The van der Waals surface area contributed by atoms with Crippen LogP contribution in [-0.4, -0.2) is 15.2 Å². The molecule has 0 aliphatic heterocycles. The van der Waals surface area contributed by atoms with E-state index in [4.69, 9.17) is 5.73 Å². The SMILES string of the molecule is Nc1c(F)cccc1-c1nc(-c2ccccc2)n[nH]1. The van der Waals surface area contributed by atoms with Crippen LogP contribution in [0.5, 0.6) is 0 Å². The van der Waals surface area contributed by atoms with Gasteiger partial charge in [0.05, 0.1) is 5.69 Å². The summed E-state index contributed by atoms with van der Waals surface area (Å²) in [5.74, 6) is 0.547. The summed E-state index contributed by atoms with van der Waals surface area (Å²) in [6.45, 7) is 0. The second-order valence-electron chi connectivity index (χ2n) is 4.07. The molecule has 19 heavy (non-hydrogen) atoms. The van der Waals surface area contributed by atoms with E-state index in [9.17, 15) is 4.39 Å². The number of halogens is 1. The molecule has 0 radical (unpaired) electrons. The fraction of sp³-hybridized carbons (Fsp3) is 0. The van der Waals surface area contributed by atoms with Gasteiger partial charge in [-0.15, -0.1) is 0 Å². The molecule has 1 heterocycles. The van der Waals surface area contributed by atoms with Crippen molar-refractivity contribution in [1.29, 1.82) is 0 Å². The zero-order valence-corrected chi connectivity index (χ0v) is 9.97. The molecule has 0 amide bonds. The lowest BCUT2D eigenvalue weighted by molar-refractivity contribution is 0.633. The molecule has 2 aromatic carbocycles. The zero-order valence-electron chi connectivity index (χ0n) is 9.97. The molecule has 3 aromatic rings. The van der Waals surface area contributed by atoms with Gasteiger partial charge in [0.25, 0.3) is 0 Å². The third kappa shape index (κ3) is 2.06. The van der Waals surface area contributed by atoms with Gasteiger partial charge in [-0.05, 0) is 12.1 Å². The minimum atomic E-state index is -0.463. The van der Waals surface area contributed by atoms with Crippen molar-refractivity contribution < 1.29 is 4.39 Å². The molecule has 0 saturated heterocycles. The standard InChI is InChI=1S/C14H11FN4/c15-11-8-4-7-10(12(11)16)14-17-13(18-19-14)9-5-2-1-3-6-9/h1-8H,16H2,(H,17,18,19). The molecular weight excluding hydrogens is 243 g/mol. The van der Waals surface area contributed by atoms with Crippen LogP contribution in [0.1, 0.15) is 0 Å². The van der Waals surface area contributed by atoms with E-state index in [0.29, 0.717) is 17.2 Å². The van der Waals surface area contributed by atoms with Crippen LogP contribution in [0.2, 0.25) is 0 Å². The summed E-state index contributed by atoms with van der Waals surface area (Å²) in [5, 5.41) is 6.90. The topological polar surface area (TPSA) is 67.6 Å². The van der Waals surface area contributed by atoms with Crippen LogP contribution >= 0.6 is 0 Å². The number of anilines is 1. The first-order chi connectivity index (χ1) is 9.25. The molecule has 3 rings (SSSR count). The first kappa shape index (κ1) is 11.4. The number of hydrogen-bond donors (Lipinski definition) is 2. The number of nitrogens with zero attached hydrogens (tertiary/aromatic N) is 2.